The standard InChI is InChI=1S/CH2O2.H3N.H2O.Zr/c2-1-3;;;/h1H,(H,2,3);1H3;1H2;. The molecule has 0 aliphatic carbocycles. The molecule has 0 radical (unpaired) electrons. The number of carbonyl (C=O) groups is 1. The molecule has 0 aromatic rings. The van der Waals surface area contributed by atoms with Crippen molar-refractivity contribution in [3.63, 3.8) is 0 Å². The molecule has 0 saturated heterocycles. The summed E-state index contributed by atoms with van der Waals surface area (Å²) >= 11 is 0. The Hall–Kier alpha value is 0.273. The fourth-order valence-electron chi connectivity index (χ4n) is 0. The maximum absolute atomic E-state index is 8.36. The normalized spacial score (nSPS) is 2.00. The van der Waals surface area contributed by atoms with Crippen LogP contribution < -0.4 is 6.15 Å². The molecule has 0 amide bonds. The van der Waals surface area contributed by atoms with E-state index in [9.17, 15) is 0 Å². The molecule has 0 saturated carbocycles. The van der Waals surface area contributed by atoms with Gasteiger partial charge in [0.25, 0.3) is 6.47 Å². The summed E-state index contributed by atoms with van der Waals surface area (Å²) in [5.74, 6) is 0. The fraction of sp³-hybridized carbons (Fsp3) is 0. The second-order valence-electron chi connectivity index (χ2n) is 0.105. The summed E-state index contributed by atoms with van der Waals surface area (Å²) in [6, 6.07) is 0. The fourth-order valence-corrected chi connectivity index (χ4v) is 0. The predicted octanol–water partition coefficient (Wildman–Crippen LogP) is -0.964. The number of rotatable bonds is 0. The zero-order valence-corrected chi connectivity index (χ0v) is 5.60. The van der Waals surface area contributed by atoms with Gasteiger partial charge >= 0.3 is 0 Å². The van der Waals surface area contributed by atoms with Gasteiger partial charge in [0, 0.05) is 26.2 Å². The molecule has 0 spiro atoms. The van der Waals surface area contributed by atoms with E-state index in [0.717, 1.165) is 0 Å². The molecule has 0 aromatic heterocycles. The van der Waals surface area contributed by atoms with Gasteiger partial charge in [-0.3, -0.25) is 4.79 Å². The van der Waals surface area contributed by atoms with Crippen molar-refractivity contribution in [3.8, 4) is 0 Å². The van der Waals surface area contributed by atoms with Crippen LogP contribution in [0, 0.1) is 0 Å². The zero-order chi connectivity index (χ0) is 2.71. The third-order valence-corrected chi connectivity index (χ3v) is 0. The van der Waals surface area contributed by atoms with E-state index >= 15 is 0 Å². The second kappa shape index (κ2) is 59.4. The summed E-state index contributed by atoms with van der Waals surface area (Å²) in [6.07, 6.45) is 0. The SMILES string of the molecule is N.O.O=CO.[Zr]. The molecule has 4 nitrogen and oxygen atoms in total. The second-order valence-corrected chi connectivity index (χ2v) is 0.105. The van der Waals surface area contributed by atoms with Crippen molar-refractivity contribution in [2.24, 2.45) is 0 Å². The zero-order valence-electron chi connectivity index (χ0n) is 3.14. The summed E-state index contributed by atoms with van der Waals surface area (Å²) in [4.78, 5) is 8.36. The summed E-state index contributed by atoms with van der Waals surface area (Å²) in [5.41, 5.74) is 0. The maximum atomic E-state index is 8.36. The summed E-state index contributed by atoms with van der Waals surface area (Å²) < 4.78 is 0. The minimum Gasteiger partial charge on any atom is -0.483 e. The summed E-state index contributed by atoms with van der Waals surface area (Å²) in [5, 5.41) is 6.89. The Bertz CT molecular complexity index is 18.3. The molecule has 0 fully saturated rings. The minimum atomic E-state index is -0.250. The Labute approximate surface area is 54.6 Å². The molecule has 0 aromatic carbocycles. The van der Waals surface area contributed by atoms with Crippen molar-refractivity contribution in [3.05, 3.63) is 0 Å². The first-order chi connectivity index (χ1) is 1.41. The molecule has 0 aliphatic heterocycles. The van der Waals surface area contributed by atoms with Gasteiger partial charge in [-0.15, -0.1) is 0 Å². The van der Waals surface area contributed by atoms with E-state index in [0.29, 0.717) is 0 Å². The molecule has 0 atom stereocenters. The van der Waals surface area contributed by atoms with Crippen molar-refractivity contribution in [1.29, 1.82) is 0 Å². The van der Waals surface area contributed by atoms with Crippen LogP contribution in [-0.4, -0.2) is 17.1 Å². The maximum Gasteiger partial charge on any atom is 0.290 e. The first-order valence-electron chi connectivity index (χ1n) is 0.494. The van der Waals surface area contributed by atoms with Gasteiger partial charge in [-0.05, 0) is 0 Å². The van der Waals surface area contributed by atoms with E-state index in [4.69, 9.17) is 9.90 Å². The van der Waals surface area contributed by atoms with Crippen LogP contribution in [0.3, 0.4) is 0 Å². The van der Waals surface area contributed by atoms with Gasteiger partial charge in [0.1, 0.15) is 0 Å². The number of hydrogen-bond acceptors (Lipinski definition) is 2. The molecular formula is CH7NO3Zr. The van der Waals surface area contributed by atoms with Crippen LogP contribution in [0.1, 0.15) is 0 Å². The molecule has 0 rings (SSSR count). The van der Waals surface area contributed by atoms with Crippen LogP contribution >= 0.6 is 0 Å². The van der Waals surface area contributed by atoms with Gasteiger partial charge in [-0.1, -0.05) is 0 Å². The molecule has 5 heteroatoms. The molecular weight excluding hydrogens is 165 g/mol. The first kappa shape index (κ1) is 33.8. The van der Waals surface area contributed by atoms with Crippen LogP contribution in [0.2, 0.25) is 0 Å². The first-order valence-corrected chi connectivity index (χ1v) is 0.494. The Balaban J connectivity index is -0.00000000667. The van der Waals surface area contributed by atoms with E-state index in [1.807, 2.05) is 0 Å². The van der Waals surface area contributed by atoms with Gasteiger partial charge in [0.2, 0.25) is 0 Å². The molecule has 0 heterocycles. The van der Waals surface area contributed by atoms with Gasteiger partial charge in [0.15, 0.2) is 0 Å². The quantitative estimate of drug-likeness (QED) is 0.460. The van der Waals surface area contributed by atoms with Gasteiger partial charge in [-0.2, -0.15) is 0 Å². The monoisotopic (exact) mass is 171 g/mol. The number of carboxylic acid groups (broad SMARTS) is 1. The Morgan fingerprint density at radius 3 is 1.50 bits per heavy atom. The minimum absolute atomic E-state index is 0. The van der Waals surface area contributed by atoms with Crippen LogP contribution in [-0.2, 0) is 31.0 Å². The van der Waals surface area contributed by atoms with E-state index in [1.165, 1.54) is 0 Å². The molecule has 0 bridgehead atoms. The molecule has 0 aliphatic rings. The van der Waals surface area contributed by atoms with Gasteiger partial charge in [-0.25, -0.2) is 0 Å². The average molecular weight is 172 g/mol. The summed E-state index contributed by atoms with van der Waals surface area (Å²) in [6.45, 7) is -0.250. The van der Waals surface area contributed by atoms with Crippen molar-refractivity contribution in [1.82, 2.24) is 6.15 Å². The van der Waals surface area contributed by atoms with Crippen molar-refractivity contribution < 1.29 is 41.6 Å². The molecule has 0 unspecified atom stereocenters. The topological polar surface area (TPSA) is 104 Å². The summed E-state index contributed by atoms with van der Waals surface area (Å²) in [7, 11) is 0. The smallest absolute Gasteiger partial charge is 0.290 e. The molecule has 38 valence electrons. The van der Waals surface area contributed by atoms with E-state index in [1.54, 1.807) is 0 Å². The van der Waals surface area contributed by atoms with Crippen LogP contribution in [0.5, 0.6) is 0 Å². The third-order valence-electron chi connectivity index (χ3n) is 0. The van der Waals surface area contributed by atoms with E-state index in [-0.39, 0.29) is 44.3 Å². The van der Waals surface area contributed by atoms with Crippen LogP contribution in [0.25, 0.3) is 0 Å². The van der Waals surface area contributed by atoms with E-state index < -0.39 is 0 Å². The van der Waals surface area contributed by atoms with Crippen LogP contribution in [0.15, 0.2) is 0 Å². The molecule has 6 N–H and O–H groups in total. The largest absolute Gasteiger partial charge is 0.483 e. The average Bonchev–Trinajstić information content (AvgIpc) is 0.918. The third kappa shape index (κ3) is 614. The molecule has 6 heavy (non-hydrogen) atoms. The van der Waals surface area contributed by atoms with Crippen LogP contribution in [0.4, 0.5) is 0 Å². The van der Waals surface area contributed by atoms with Gasteiger partial charge < -0.3 is 16.7 Å². The Morgan fingerprint density at radius 2 is 1.50 bits per heavy atom. The number of hydrogen-bond donors (Lipinski definition) is 2. The predicted molar refractivity (Wildman–Crippen MR) is 17.3 cm³/mol. The van der Waals surface area contributed by atoms with Crippen molar-refractivity contribution in [2.75, 3.05) is 0 Å². The van der Waals surface area contributed by atoms with Crippen molar-refractivity contribution >= 4 is 6.47 Å². The van der Waals surface area contributed by atoms with Crippen molar-refractivity contribution in [2.45, 2.75) is 0 Å². The Kier molecular flexibility index (Phi) is 334. The van der Waals surface area contributed by atoms with Gasteiger partial charge in [0.05, 0.1) is 0 Å². The Morgan fingerprint density at radius 1 is 1.50 bits per heavy atom. The van der Waals surface area contributed by atoms with E-state index in [2.05, 4.69) is 0 Å².